The molecule has 4 rings (SSSR count). The monoisotopic (exact) mass is 421 g/mol. The van der Waals surface area contributed by atoms with Crippen molar-refractivity contribution in [2.45, 2.75) is 46.6 Å². The van der Waals surface area contributed by atoms with Crippen molar-refractivity contribution in [3.05, 3.63) is 57.9 Å². The lowest BCUT2D eigenvalue weighted by Gasteiger charge is -2.14. The van der Waals surface area contributed by atoms with Crippen molar-refractivity contribution in [3.63, 3.8) is 0 Å². The maximum atomic E-state index is 12.9. The highest BCUT2D eigenvalue weighted by Gasteiger charge is 2.30. The van der Waals surface area contributed by atoms with Crippen LogP contribution in [0.15, 0.2) is 41.4 Å². The number of aromatic nitrogens is 1. The van der Waals surface area contributed by atoms with Crippen LogP contribution in [0, 0.1) is 13.8 Å². The molecule has 1 aliphatic rings. The SMILES string of the molecule is CCCn1c(=NC(=O)c2cccc(N3C(=O)CCC3=O)c2)sc2cc(C)c(C)cc21. The zero-order chi connectivity index (χ0) is 21.4. The molecule has 6 nitrogen and oxygen atoms in total. The first-order valence-corrected chi connectivity index (χ1v) is 10.9. The van der Waals surface area contributed by atoms with Crippen LogP contribution < -0.4 is 9.70 Å². The van der Waals surface area contributed by atoms with E-state index in [9.17, 15) is 14.4 Å². The van der Waals surface area contributed by atoms with Crippen LogP contribution in [-0.2, 0) is 16.1 Å². The maximum absolute atomic E-state index is 12.9. The van der Waals surface area contributed by atoms with Gasteiger partial charge in [0.15, 0.2) is 4.80 Å². The Bertz CT molecular complexity index is 1240. The topological polar surface area (TPSA) is 71.7 Å². The molecule has 1 saturated heterocycles. The Balaban J connectivity index is 1.77. The summed E-state index contributed by atoms with van der Waals surface area (Å²) in [6.07, 6.45) is 1.34. The molecule has 30 heavy (non-hydrogen) atoms. The van der Waals surface area contributed by atoms with Gasteiger partial charge in [-0.1, -0.05) is 24.3 Å². The number of carbonyl (C=O) groups is 3. The average Bonchev–Trinajstić information content (AvgIpc) is 3.22. The first-order chi connectivity index (χ1) is 14.4. The summed E-state index contributed by atoms with van der Waals surface area (Å²) in [5.41, 5.74) is 4.27. The summed E-state index contributed by atoms with van der Waals surface area (Å²) in [5.74, 6) is -0.865. The second-order valence-corrected chi connectivity index (χ2v) is 8.54. The number of benzene rings is 2. The lowest BCUT2D eigenvalue weighted by molar-refractivity contribution is -0.121. The molecule has 1 aliphatic heterocycles. The number of thiazole rings is 1. The zero-order valence-corrected chi connectivity index (χ0v) is 18.1. The Morgan fingerprint density at radius 2 is 1.77 bits per heavy atom. The molecule has 1 fully saturated rings. The summed E-state index contributed by atoms with van der Waals surface area (Å²) in [6.45, 7) is 7.02. The molecule has 7 heteroatoms. The summed E-state index contributed by atoms with van der Waals surface area (Å²) >= 11 is 1.50. The number of rotatable bonds is 4. The lowest BCUT2D eigenvalue weighted by atomic mass is 10.1. The molecule has 0 unspecified atom stereocenters. The van der Waals surface area contributed by atoms with E-state index in [0.717, 1.165) is 28.1 Å². The van der Waals surface area contributed by atoms with E-state index >= 15 is 0 Å². The molecule has 3 aromatic rings. The third kappa shape index (κ3) is 3.61. The molecule has 0 bridgehead atoms. The summed E-state index contributed by atoms with van der Waals surface area (Å²) in [5, 5.41) is 0. The minimum atomic E-state index is -0.388. The molecule has 0 aliphatic carbocycles. The van der Waals surface area contributed by atoms with Crippen molar-refractivity contribution in [2.75, 3.05) is 4.90 Å². The van der Waals surface area contributed by atoms with Crippen LogP contribution in [0.3, 0.4) is 0 Å². The number of hydrogen-bond acceptors (Lipinski definition) is 4. The van der Waals surface area contributed by atoms with Gasteiger partial charge >= 0.3 is 0 Å². The van der Waals surface area contributed by atoms with E-state index in [1.807, 2.05) is 0 Å². The number of fused-ring (bicyclic) bond motifs is 1. The number of anilines is 1. The molecule has 0 atom stereocenters. The first-order valence-electron chi connectivity index (χ1n) is 10.0. The zero-order valence-electron chi connectivity index (χ0n) is 17.3. The molecule has 2 heterocycles. The molecular formula is C23H23N3O3S. The molecule has 3 amide bonds. The van der Waals surface area contributed by atoms with Gasteiger partial charge in [0, 0.05) is 24.9 Å². The smallest absolute Gasteiger partial charge is 0.279 e. The molecule has 0 saturated carbocycles. The molecule has 0 spiro atoms. The Hall–Kier alpha value is -3.06. The highest BCUT2D eigenvalue weighted by Crippen LogP contribution is 2.24. The number of hydrogen-bond donors (Lipinski definition) is 0. The van der Waals surface area contributed by atoms with Gasteiger partial charge in [0.05, 0.1) is 15.9 Å². The fourth-order valence-electron chi connectivity index (χ4n) is 3.64. The predicted molar refractivity (Wildman–Crippen MR) is 118 cm³/mol. The van der Waals surface area contributed by atoms with Crippen molar-refractivity contribution in [1.82, 2.24) is 4.57 Å². The van der Waals surface area contributed by atoms with E-state index in [1.54, 1.807) is 24.3 Å². The number of nitrogens with zero attached hydrogens (tertiary/aromatic N) is 3. The van der Waals surface area contributed by atoms with E-state index in [4.69, 9.17) is 0 Å². The van der Waals surface area contributed by atoms with Crippen LogP contribution in [0.2, 0.25) is 0 Å². The van der Waals surface area contributed by atoms with Crippen molar-refractivity contribution in [1.29, 1.82) is 0 Å². The van der Waals surface area contributed by atoms with Crippen molar-refractivity contribution < 1.29 is 14.4 Å². The Morgan fingerprint density at radius 3 is 2.47 bits per heavy atom. The highest BCUT2D eigenvalue weighted by atomic mass is 32.1. The van der Waals surface area contributed by atoms with Crippen LogP contribution in [0.1, 0.15) is 47.7 Å². The summed E-state index contributed by atoms with van der Waals surface area (Å²) in [7, 11) is 0. The van der Waals surface area contributed by atoms with E-state index in [1.165, 1.54) is 22.5 Å². The van der Waals surface area contributed by atoms with Crippen LogP contribution in [0.25, 0.3) is 10.2 Å². The van der Waals surface area contributed by atoms with Crippen molar-refractivity contribution in [2.24, 2.45) is 4.99 Å². The van der Waals surface area contributed by atoms with Gasteiger partial charge in [0.25, 0.3) is 5.91 Å². The number of amides is 3. The maximum Gasteiger partial charge on any atom is 0.279 e. The Morgan fingerprint density at radius 1 is 1.07 bits per heavy atom. The lowest BCUT2D eigenvalue weighted by Crippen LogP contribution is -2.28. The normalized spacial score (nSPS) is 14.9. The second-order valence-electron chi connectivity index (χ2n) is 7.53. The molecule has 2 aromatic carbocycles. The number of imide groups is 1. The van der Waals surface area contributed by atoms with Gasteiger partial charge in [-0.3, -0.25) is 19.3 Å². The fourth-order valence-corrected chi connectivity index (χ4v) is 4.77. The van der Waals surface area contributed by atoms with Gasteiger partial charge in [0.2, 0.25) is 11.8 Å². The molecule has 1 aromatic heterocycles. The van der Waals surface area contributed by atoms with Crippen LogP contribution in [0.4, 0.5) is 5.69 Å². The predicted octanol–water partition coefficient (Wildman–Crippen LogP) is 4.12. The van der Waals surface area contributed by atoms with Gasteiger partial charge in [-0.15, -0.1) is 0 Å². The minimum absolute atomic E-state index is 0.207. The quantitative estimate of drug-likeness (QED) is 0.595. The van der Waals surface area contributed by atoms with Crippen LogP contribution in [-0.4, -0.2) is 22.3 Å². The van der Waals surface area contributed by atoms with Crippen molar-refractivity contribution in [3.8, 4) is 0 Å². The summed E-state index contributed by atoms with van der Waals surface area (Å²) in [6, 6.07) is 10.8. The number of carbonyl (C=O) groups excluding carboxylic acids is 3. The average molecular weight is 422 g/mol. The molecule has 0 N–H and O–H groups in total. The fraction of sp³-hybridized carbons (Fsp3) is 0.304. The third-order valence-electron chi connectivity index (χ3n) is 5.35. The van der Waals surface area contributed by atoms with Crippen molar-refractivity contribution >= 4 is 45.0 Å². The van der Waals surface area contributed by atoms with Crippen LogP contribution >= 0.6 is 11.3 Å². The van der Waals surface area contributed by atoms with E-state index in [-0.39, 0.29) is 30.6 Å². The molecular weight excluding hydrogens is 398 g/mol. The van der Waals surface area contributed by atoms with Gasteiger partial charge in [-0.2, -0.15) is 4.99 Å². The number of aryl methyl sites for hydroxylation is 3. The Labute approximate surface area is 178 Å². The van der Waals surface area contributed by atoms with Gasteiger partial charge < -0.3 is 4.57 Å². The van der Waals surface area contributed by atoms with Crippen LogP contribution in [0.5, 0.6) is 0 Å². The minimum Gasteiger partial charge on any atom is -0.316 e. The second kappa shape index (κ2) is 7.99. The van der Waals surface area contributed by atoms with E-state index in [0.29, 0.717) is 16.1 Å². The standard InChI is InChI=1S/C23H23N3O3S/c1-4-10-25-18-11-14(2)15(3)12-19(18)30-23(25)24-22(29)16-6-5-7-17(13-16)26-20(27)8-9-21(26)28/h5-7,11-13H,4,8-10H2,1-3H3. The van der Waals surface area contributed by atoms with E-state index in [2.05, 4.69) is 42.5 Å². The molecule has 0 radical (unpaired) electrons. The Kier molecular flexibility index (Phi) is 5.39. The van der Waals surface area contributed by atoms with Gasteiger partial charge in [-0.25, -0.2) is 0 Å². The first kappa shape index (κ1) is 20.2. The van der Waals surface area contributed by atoms with Gasteiger partial charge in [-0.05, 0) is 61.7 Å². The van der Waals surface area contributed by atoms with E-state index < -0.39 is 0 Å². The van der Waals surface area contributed by atoms with Gasteiger partial charge in [0.1, 0.15) is 0 Å². The molecule has 154 valence electrons. The summed E-state index contributed by atoms with van der Waals surface area (Å²) in [4.78, 5) is 43.2. The largest absolute Gasteiger partial charge is 0.316 e. The highest BCUT2D eigenvalue weighted by molar-refractivity contribution is 7.16. The summed E-state index contributed by atoms with van der Waals surface area (Å²) < 4.78 is 3.18. The third-order valence-corrected chi connectivity index (χ3v) is 6.39.